The van der Waals surface area contributed by atoms with E-state index < -0.39 is 18.6 Å². The summed E-state index contributed by atoms with van der Waals surface area (Å²) in [5, 5.41) is 0.237. The van der Waals surface area contributed by atoms with Crippen LogP contribution in [0.4, 0.5) is 17.6 Å². The summed E-state index contributed by atoms with van der Waals surface area (Å²) in [4.78, 5) is -0.285. The average Bonchev–Trinajstić information content (AvgIpc) is 2.28. The van der Waals surface area contributed by atoms with Crippen LogP contribution in [0.2, 0.25) is 5.02 Å². The van der Waals surface area contributed by atoms with Crippen LogP contribution >= 0.6 is 27.5 Å². The highest BCUT2D eigenvalue weighted by Crippen LogP contribution is 2.33. The van der Waals surface area contributed by atoms with E-state index in [2.05, 4.69) is 20.7 Å². The third-order valence-corrected chi connectivity index (χ3v) is 3.68. The van der Waals surface area contributed by atoms with Gasteiger partial charge >= 0.3 is 6.18 Å². The van der Waals surface area contributed by atoms with Crippen molar-refractivity contribution in [1.29, 1.82) is 0 Å². The molecule has 1 nitrogen and oxygen atoms in total. The topological polar surface area (TPSA) is 9.23 Å². The molecule has 19 heavy (non-hydrogen) atoms. The van der Waals surface area contributed by atoms with Gasteiger partial charge in [0.1, 0.15) is 12.4 Å². The first-order chi connectivity index (χ1) is 8.70. The Morgan fingerprint density at radius 3 is 2.58 bits per heavy atom. The Kier molecular flexibility index (Phi) is 6.08. The molecule has 0 spiro atoms. The lowest BCUT2D eigenvalue weighted by atomic mass is 10.1. The zero-order valence-corrected chi connectivity index (χ0v) is 12.4. The van der Waals surface area contributed by atoms with Crippen molar-refractivity contribution in [2.45, 2.75) is 24.3 Å². The van der Waals surface area contributed by atoms with Crippen LogP contribution < -0.4 is 0 Å². The number of rotatable bonds is 5. The highest BCUT2D eigenvalue weighted by atomic mass is 79.9. The number of hydrogen-bond acceptors (Lipinski definition) is 1. The van der Waals surface area contributed by atoms with Crippen LogP contribution in [0.1, 0.15) is 22.4 Å². The van der Waals surface area contributed by atoms with Gasteiger partial charge in [-0.15, -0.1) is 0 Å². The van der Waals surface area contributed by atoms with Gasteiger partial charge < -0.3 is 4.74 Å². The minimum absolute atomic E-state index is 0.0673. The molecule has 0 aromatic heterocycles. The Balaban J connectivity index is 2.54. The van der Waals surface area contributed by atoms with Crippen LogP contribution in [-0.4, -0.2) is 19.4 Å². The summed E-state index contributed by atoms with van der Waals surface area (Å²) in [6, 6.07) is 2.76. The van der Waals surface area contributed by atoms with E-state index in [1.54, 1.807) is 13.0 Å². The molecule has 1 aromatic carbocycles. The summed E-state index contributed by atoms with van der Waals surface area (Å²) in [6.45, 7) is 0.250. The van der Waals surface area contributed by atoms with Gasteiger partial charge in [-0.1, -0.05) is 33.6 Å². The van der Waals surface area contributed by atoms with Crippen LogP contribution in [-0.2, 0) is 4.74 Å². The van der Waals surface area contributed by atoms with Gasteiger partial charge in [-0.3, -0.25) is 0 Å². The molecule has 0 aliphatic heterocycles. The van der Waals surface area contributed by atoms with Crippen LogP contribution in [0.25, 0.3) is 0 Å². The van der Waals surface area contributed by atoms with Gasteiger partial charge in [0.15, 0.2) is 0 Å². The van der Waals surface area contributed by atoms with E-state index in [4.69, 9.17) is 11.6 Å². The first-order valence-electron chi connectivity index (χ1n) is 5.45. The summed E-state index contributed by atoms with van der Waals surface area (Å²) >= 11 is 9.20. The van der Waals surface area contributed by atoms with E-state index in [-0.39, 0.29) is 16.5 Å². The highest BCUT2D eigenvalue weighted by Gasteiger charge is 2.27. The second-order valence-electron chi connectivity index (χ2n) is 4.05. The van der Waals surface area contributed by atoms with E-state index >= 15 is 0 Å². The van der Waals surface area contributed by atoms with Crippen LogP contribution in [0.15, 0.2) is 12.1 Å². The maximum Gasteiger partial charge on any atom is 0.411 e. The lowest BCUT2D eigenvalue weighted by molar-refractivity contribution is -0.174. The van der Waals surface area contributed by atoms with Gasteiger partial charge in [-0.2, -0.15) is 13.2 Å². The lowest BCUT2D eigenvalue weighted by Gasteiger charge is -2.14. The molecule has 1 rings (SSSR count). The second kappa shape index (κ2) is 6.90. The molecule has 1 unspecified atom stereocenters. The standard InChI is InChI=1S/C12H12BrClF4O/c1-7-4-8(10(14)5-11(7)15)9(13)2-3-19-6-12(16,17)18/h4-5,9H,2-3,6H2,1H3. The van der Waals surface area contributed by atoms with Crippen LogP contribution in [0, 0.1) is 12.7 Å². The first-order valence-corrected chi connectivity index (χ1v) is 6.74. The Morgan fingerprint density at radius 1 is 1.37 bits per heavy atom. The minimum Gasteiger partial charge on any atom is -0.372 e. The summed E-state index contributed by atoms with van der Waals surface area (Å²) in [5.74, 6) is -0.415. The van der Waals surface area contributed by atoms with Crippen molar-refractivity contribution < 1.29 is 22.3 Å². The third kappa shape index (κ3) is 5.67. The van der Waals surface area contributed by atoms with Crippen molar-refractivity contribution in [3.05, 3.63) is 34.1 Å². The van der Waals surface area contributed by atoms with Crippen molar-refractivity contribution in [3.63, 3.8) is 0 Å². The number of ether oxygens (including phenoxy) is 1. The van der Waals surface area contributed by atoms with Gasteiger partial charge in [0.2, 0.25) is 0 Å². The maximum absolute atomic E-state index is 13.2. The summed E-state index contributed by atoms with van der Waals surface area (Å²) in [5.41, 5.74) is 1.07. The summed E-state index contributed by atoms with van der Waals surface area (Å²) in [7, 11) is 0. The molecule has 0 radical (unpaired) electrons. The molecule has 1 atom stereocenters. The van der Waals surface area contributed by atoms with Crippen LogP contribution in [0.3, 0.4) is 0 Å². The molecule has 0 fully saturated rings. The van der Waals surface area contributed by atoms with E-state index in [1.807, 2.05) is 0 Å². The maximum atomic E-state index is 13.2. The quantitative estimate of drug-likeness (QED) is 0.397. The van der Waals surface area contributed by atoms with Crippen molar-refractivity contribution >= 4 is 27.5 Å². The van der Waals surface area contributed by atoms with Crippen molar-refractivity contribution in [2.75, 3.05) is 13.2 Å². The second-order valence-corrected chi connectivity index (χ2v) is 5.56. The number of hydrogen-bond donors (Lipinski definition) is 0. The van der Waals surface area contributed by atoms with Crippen molar-refractivity contribution in [2.24, 2.45) is 0 Å². The molecule has 0 heterocycles. The third-order valence-electron chi connectivity index (χ3n) is 2.40. The Morgan fingerprint density at radius 2 is 2.00 bits per heavy atom. The largest absolute Gasteiger partial charge is 0.411 e. The van der Waals surface area contributed by atoms with Gasteiger partial charge in [-0.25, -0.2) is 4.39 Å². The fourth-order valence-corrected chi connectivity index (χ4v) is 2.43. The van der Waals surface area contributed by atoms with Crippen LogP contribution in [0.5, 0.6) is 0 Å². The Bertz CT molecular complexity index is 436. The van der Waals surface area contributed by atoms with Gasteiger partial charge in [0, 0.05) is 16.5 Å². The van der Waals surface area contributed by atoms with E-state index in [1.165, 1.54) is 6.07 Å². The molecule has 0 bridgehead atoms. The molecule has 0 aliphatic carbocycles. The first kappa shape index (κ1) is 16.7. The predicted octanol–water partition coefficient (Wildman–Crippen LogP) is 5.19. The lowest BCUT2D eigenvalue weighted by Crippen LogP contribution is -2.17. The number of halogens is 6. The SMILES string of the molecule is Cc1cc(C(Br)CCOCC(F)(F)F)c(Cl)cc1F. The smallest absolute Gasteiger partial charge is 0.372 e. The molecule has 0 amide bonds. The molecule has 0 N–H and O–H groups in total. The van der Waals surface area contributed by atoms with Gasteiger partial charge in [0.25, 0.3) is 0 Å². The molecule has 1 aromatic rings. The molecule has 0 aliphatic rings. The molecule has 0 saturated heterocycles. The fraction of sp³-hybridized carbons (Fsp3) is 0.500. The van der Waals surface area contributed by atoms with E-state index in [0.29, 0.717) is 17.5 Å². The predicted molar refractivity (Wildman–Crippen MR) is 69.3 cm³/mol. The molecular formula is C12H12BrClF4O. The molecule has 7 heteroatoms. The average molecular weight is 364 g/mol. The number of alkyl halides is 4. The number of aryl methyl sites for hydroxylation is 1. The van der Waals surface area contributed by atoms with Gasteiger partial charge in [0.05, 0.1) is 0 Å². The molecule has 0 saturated carbocycles. The molecule has 108 valence electrons. The Hall–Kier alpha value is -0.330. The highest BCUT2D eigenvalue weighted by molar-refractivity contribution is 9.09. The monoisotopic (exact) mass is 362 g/mol. The minimum atomic E-state index is -4.33. The normalized spacial score (nSPS) is 13.6. The van der Waals surface area contributed by atoms with Gasteiger partial charge in [-0.05, 0) is 30.5 Å². The summed E-state index contributed by atoms with van der Waals surface area (Å²) in [6.07, 6.45) is -4.02. The van der Waals surface area contributed by atoms with Crippen molar-refractivity contribution in [3.8, 4) is 0 Å². The fourth-order valence-electron chi connectivity index (χ4n) is 1.45. The zero-order chi connectivity index (χ0) is 14.6. The zero-order valence-electron chi connectivity index (χ0n) is 10.0. The van der Waals surface area contributed by atoms with E-state index in [9.17, 15) is 17.6 Å². The van der Waals surface area contributed by atoms with E-state index in [0.717, 1.165) is 0 Å². The Labute approximate surface area is 122 Å². The molecular weight excluding hydrogens is 351 g/mol. The number of benzene rings is 1. The van der Waals surface area contributed by atoms with Crippen molar-refractivity contribution in [1.82, 2.24) is 0 Å². The summed E-state index contributed by atoms with van der Waals surface area (Å²) < 4.78 is 53.3.